The lowest BCUT2D eigenvalue weighted by Crippen LogP contribution is -2.24. The van der Waals surface area contributed by atoms with Crippen LogP contribution in [-0.2, 0) is 11.3 Å². The Morgan fingerprint density at radius 2 is 1.81 bits per heavy atom. The smallest absolute Gasteiger partial charge is 0.358 e. The molecule has 1 heterocycles. The van der Waals surface area contributed by atoms with Gasteiger partial charge >= 0.3 is 5.97 Å². The molecular formula is C23H27N5O3. The van der Waals surface area contributed by atoms with Crippen molar-refractivity contribution in [2.45, 2.75) is 20.4 Å². The molecule has 0 bridgehead atoms. The van der Waals surface area contributed by atoms with Gasteiger partial charge in [-0.05, 0) is 34.5 Å². The number of methoxy groups -OCH3 is 1. The largest absolute Gasteiger partial charge is 0.464 e. The first kappa shape index (κ1) is 23.4. The number of hydrazine groups is 1. The average molecular weight is 422 g/mol. The maximum Gasteiger partial charge on any atom is 0.358 e. The van der Waals surface area contributed by atoms with Gasteiger partial charge < -0.3 is 20.8 Å². The molecule has 0 radical (unpaired) electrons. The van der Waals surface area contributed by atoms with E-state index in [1.165, 1.54) is 24.5 Å². The average Bonchev–Trinajstić information content (AvgIpc) is 2.80. The van der Waals surface area contributed by atoms with Crippen LogP contribution in [0.25, 0.3) is 10.8 Å². The molecule has 0 aliphatic carbocycles. The highest BCUT2D eigenvalue weighted by atomic mass is 16.5. The first-order valence-electron chi connectivity index (χ1n) is 9.80. The number of carbonyl (C=O) groups excluding carboxylic acids is 2. The lowest BCUT2D eigenvalue weighted by molar-refractivity contribution is 0.0595. The van der Waals surface area contributed by atoms with Crippen LogP contribution in [0.1, 0.15) is 40.3 Å². The third kappa shape index (κ3) is 5.58. The normalized spacial score (nSPS) is 10.3. The van der Waals surface area contributed by atoms with E-state index in [9.17, 15) is 9.59 Å². The molecule has 1 aromatic heterocycles. The number of nitrogens with zero attached hydrogens (tertiary/aromatic N) is 2. The van der Waals surface area contributed by atoms with Crippen LogP contribution in [-0.4, -0.2) is 29.0 Å². The van der Waals surface area contributed by atoms with E-state index >= 15 is 0 Å². The number of carbonyl (C=O) groups is 2. The molecular weight excluding hydrogens is 394 g/mol. The van der Waals surface area contributed by atoms with Gasteiger partial charge in [0.1, 0.15) is 0 Å². The number of hydrogen-bond acceptors (Lipinski definition) is 7. The minimum Gasteiger partial charge on any atom is -0.464 e. The van der Waals surface area contributed by atoms with Crippen LogP contribution in [0.4, 0.5) is 5.69 Å². The number of amides is 1. The highest BCUT2D eigenvalue weighted by Gasteiger charge is 2.18. The molecule has 0 fully saturated rings. The number of nitrogens with one attached hydrogen (secondary N) is 1. The highest BCUT2D eigenvalue weighted by molar-refractivity contribution is 6.14. The van der Waals surface area contributed by atoms with Crippen LogP contribution in [0.15, 0.2) is 67.1 Å². The standard InChI is InChI=1S/C21H21N5O3.C2H6/c1-29-21(28)19-18(7-4-11-24-19)25-20(27)17-9-8-14(13-26(23)12-10-22)15-5-2-3-6-16(15)17;1-2/h2-12H,13,22-23H2,1H3,(H,25,27);1-2H3/b12-10-;. The van der Waals surface area contributed by atoms with Crippen molar-refractivity contribution in [3.05, 3.63) is 83.9 Å². The van der Waals surface area contributed by atoms with E-state index in [1.54, 1.807) is 24.4 Å². The van der Waals surface area contributed by atoms with Crippen LogP contribution in [0.2, 0.25) is 0 Å². The molecule has 0 aliphatic rings. The molecule has 3 rings (SSSR count). The van der Waals surface area contributed by atoms with Gasteiger partial charge in [0.05, 0.1) is 19.3 Å². The van der Waals surface area contributed by atoms with Gasteiger partial charge in [0.15, 0.2) is 5.69 Å². The number of anilines is 1. The van der Waals surface area contributed by atoms with Crippen LogP contribution >= 0.6 is 0 Å². The summed E-state index contributed by atoms with van der Waals surface area (Å²) in [4.78, 5) is 28.9. The first-order valence-corrected chi connectivity index (χ1v) is 9.80. The van der Waals surface area contributed by atoms with Gasteiger partial charge in [0.25, 0.3) is 5.91 Å². The number of rotatable bonds is 6. The molecule has 8 heteroatoms. The van der Waals surface area contributed by atoms with Crippen LogP contribution < -0.4 is 16.9 Å². The molecule has 0 saturated heterocycles. The minimum absolute atomic E-state index is 0.0385. The van der Waals surface area contributed by atoms with E-state index in [0.29, 0.717) is 12.1 Å². The molecule has 0 spiro atoms. The summed E-state index contributed by atoms with van der Waals surface area (Å²) in [6.07, 6.45) is 4.38. The van der Waals surface area contributed by atoms with Crippen molar-refractivity contribution >= 4 is 28.3 Å². The fraction of sp³-hybridized carbons (Fsp3) is 0.174. The van der Waals surface area contributed by atoms with E-state index in [2.05, 4.69) is 10.3 Å². The highest BCUT2D eigenvalue weighted by Crippen LogP contribution is 2.25. The number of pyridine rings is 1. The molecule has 162 valence electrons. The molecule has 0 saturated carbocycles. The lowest BCUT2D eigenvalue weighted by Gasteiger charge is -2.16. The fourth-order valence-electron chi connectivity index (χ4n) is 3.01. The fourth-order valence-corrected chi connectivity index (χ4v) is 3.01. The number of nitrogens with two attached hydrogens (primary N) is 2. The summed E-state index contributed by atoms with van der Waals surface area (Å²) in [6.45, 7) is 4.42. The van der Waals surface area contributed by atoms with Gasteiger partial charge in [-0.25, -0.2) is 15.6 Å². The van der Waals surface area contributed by atoms with Gasteiger partial charge in [0.2, 0.25) is 0 Å². The maximum atomic E-state index is 13.0. The van der Waals surface area contributed by atoms with Crippen LogP contribution in [0, 0.1) is 0 Å². The number of esters is 1. The van der Waals surface area contributed by atoms with Crippen molar-refractivity contribution in [2.75, 3.05) is 12.4 Å². The second-order valence-corrected chi connectivity index (χ2v) is 6.18. The van der Waals surface area contributed by atoms with Crippen molar-refractivity contribution < 1.29 is 14.3 Å². The first-order chi connectivity index (χ1) is 15.0. The summed E-state index contributed by atoms with van der Waals surface area (Å²) in [6, 6.07) is 14.3. The molecule has 5 N–H and O–H groups in total. The Morgan fingerprint density at radius 1 is 1.10 bits per heavy atom. The van der Waals surface area contributed by atoms with Crippen LogP contribution in [0.5, 0.6) is 0 Å². The molecule has 2 aromatic carbocycles. The van der Waals surface area contributed by atoms with Crippen molar-refractivity contribution in [3.8, 4) is 0 Å². The van der Waals surface area contributed by atoms with Crippen molar-refractivity contribution in [3.63, 3.8) is 0 Å². The number of aromatic nitrogens is 1. The molecule has 1 amide bonds. The quantitative estimate of drug-likeness (QED) is 0.316. The monoisotopic (exact) mass is 421 g/mol. The predicted octanol–water partition coefficient (Wildman–Crippen LogP) is 3.41. The Labute approximate surface area is 181 Å². The second kappa shape index (κ2) is 11.3. The summed E-state index contributed by atoms with van der Waals surface area (Å²) in [5.41, 5.74) is 7.10. The molecule has 0 atom stereocenters. The Kier molecular flexibility index (Phi) is 8.53. The summed E-state index contributed by atoms with van der Waals surface area (Å²) in [7, 11) is 1.26. The second-order valence-electron chi connectivity index (χ2n) is 6.18. The summed E-state index contributed by atoms with van der Waals surface area (Å²) in [5.74, 6) is 4.91. The van der Waals surface area contributed by atoms with E-state index in [1.807, 2.05) is 44.2 Å². The van der Waals surface area contributed by atoms with E-state index in [-0.39, 0.29) is 17.3 Å². The van der Waals surface area contributed by atoms with Gasteiger partial charge in [-0.3, -0.25) is 4.79 Å². The molecule has 3 aromatic rings. The van der Waals surface area contributed by atoms with Crippen molar-refractivity contribution in [2.24, 2.45) is 11.6 Å². The van der Waals surface area contributed by atoms with Crippen molar-refractivity contribution in [1.82, 2.24) is 9.99 Å². The van der Waals surface area contributed by atoms with Gasteiger partial charge in [-0.15, -0.1) is 0 Å². The van der Waals surface area contributed by atoms with Crippen LogP contribution in [0.3, 0.4) is 0 Å². The minimum atomic E-state index is -0.628. The molecule has 0 aliphatic heterocycles. The Hall–Kier alpha value is -3.91. The summed E-state index contributed by atoms with van der Waals surface area (Å²) >= 11 is 0. The number of hydrogen-bond donors (Lipinski definition) is 3. The van der Waals surface area contributed by atoms with E-state index in [4.69, 9.17) is 16.3 Å². The zero-order valence-corrected chi connectivity index (χ0v) is 17.8. The number of benzene rings is 2. The Morgan fingerprint density at radius 3 is 2.48 bits per heavy atom. The van der Waals surface area contributed by atoms with Gasteiger partial charge in [0, 0.05) is 24.2 Å². The van der Waals surface area contributed by atoms with Crippen molar-refractivity contribution in [1.29, 1.82) is 0 Å². The topological polar surface area (TPSA) is 124 Å². The summed E-state index contributed by atoms with van der Waals surface area (Å²) < 4.78 is 4.72. The van der Waals surface area contributed by atoms with Gasteiger partial charge in [-0.2, -0.15) is 0 Å². The van der Waals surface area contributed by atoms with E-state index in [0.717, 1.165) is 16.3 Å². The third-order valence-electron chi connectivity index (χ3n) is 4.32. The SMILES string of the molecule is CC.COC(=O)c1ncccc1NC(=O)c1ccc(CN(N)/C=C\N)c2ccccc12. The zero-order valence-electron chi connectivity index (χ0n) is 17.8. The number of ether oxygens (including phenoxy) is 1. The maximum absolute atomic E-state index is 13.0. The Bertz CT molecular complexity index is 1080. The summed E-state index contributed by atoms with van der Waals surface area (Å²) in [5, 5.41) is 5.86. The molecule has 31 heavy (non-hydrogen) atoms. The van der Waals surface area contributed by atoms with E-state index < -0.39 is 5.97 Å². The number of fused-ring (bicyclic) bond motifs is 1. The molecule has 8 nitrogen and oxygen atoms in total. The zero-order chi connectivity index (χ0) is 22.8. The van der Waals surface area contributed by atoms with Gasteiger partial charge in [-0.1, -0.05) is 44.2 Å². The third-order valence-corrected chi connectivity index (χ3v) is 4.32. The Balaban J connectivity index is 0.00000166. The lowest BCUT2D eigenvalue weighted by atomic mass is 9.98. The molecule has 0 unspecified atom stereocenters. The predicted molar refractivity (Wildman–Crippen MR) is 122 cm³/mol.